The van der Waals surface area contributed by atoms with Gasteiger partial charge in [-0.1, -0.05) is 36.4 Å². The summed E-state index contributed by atoms with van der Waals surface area (Å²) in [6, 6.07) is 24.8. The molecule has 1 unspecified atom stereocenters. The lowest BCUT2D eigenvalue weighted by atomic mass is 10.1. The Bertz CT molecular complexity index is 1060. The van der Waals surface area contributed by atoms with Gasteiger partial charge in [-0.3, -0.25) is 4.79 Å². The molecule has 0 fully saturated rings. The fraction of sp³-hybridized carbons (Fsp3) is 0.125. The SMILES string of the molecule is CC(OC(=O)c1ccc(COc2ccccc2)cc1)C(=O)Nc1cccc(C#N)c1. The van der Waals surface area contributed by atoms with E-state index >= 15 is 0 Å². The molecule has 3 aromatic rings. The molecule has 0 saturated carbocycles. The maximum absolute atomic E-state index is 12.3. The van der Waals surface area contributed by atoms with Crippen LogP contribution in [0.4, 0.5) is 5.69 Å². The van der Waals surface area contributed by atoms with Crippen LogP contribution in [0.3, 0.4) is 0 Å². The van der Waals surface area contributed by atoms with Gasteiger partial charge in [-0.2, -0.15) is 5.26 Å². The second kappa shape index (κ2) is 9.89. The molecule has 150 valence electrons. The minimum Gasteiger partial charge on any atom is -0.489 e. The number of esters is 1. The number of nitrogens with zero attached hydrogens (tertiary/aromatic N) is 1. The van der Waals surface area contributed by atoms with E-state index in [1.165, 1.54) is 6.92 Å². The van der Waals surface area contributed by atoms with Crippen molar-refractivity contribution in [1.82, 2.24) is 0 Å². The largest absolute Gasteiger partial charge is 0.489 e. The van der Waals surface area contributed by atoms with E-state index in [0.29, 0.717) is 23.4 Å². The predicted octanol–water partition coefficient (Wildman–Crippen LogP) is 4.32. The standard InChI is InChI=1S/C24H20N2O4/c1-17(23(27)26-21-7-5-6-19(14-21)15-25)30-24(28)20-12-10-18(11-13-20)16-29-22-8-3-2-4-9-22/h2-14,17H,16H2,1H3,(H,26,27). The second-order valence-corrected chi connectivity index (χ2v) is 6.53. The number of rotatable bonds is 7. The Morgan fingerprint density at radius 3 is 2.43 bits per heavy atom. The minimum absolute atomic E-state index is 0.338. The van der Waals surface area contributed by atoms with Crippen molar-refractivity contribution in [3.63, 3.8) is 0 Å². The number of amides is 1. The summed E-state index contributed by atoms with van der Waals surface area (Å²) >= 11 is 0. The Kier molecular flexibility index (Phi) is 6.80. The number of para-hydroxylation sites is 1. The maximum atomic E-state index is 12.3. The van der Waals surface area contributed by atoms with E-state index in [9.17, 15) is 9.59 Å². The first-order valence-corrected chi connectivity index (χ1v) is 9.34. The average molecular weight is 400 g/mol. The molecular formula is C24H20N2O4. The van der Waals surface area contributed by atoms with Crippen molar-refractivity contribution in [2.24, 2.45) is 0 Å². The lowest BCUT2D eigenvalue weighted by Gasteiger charge is -2.14. The van der Waals surface area contributed by atoms with E-state index in [1.807, 2.05) is 36.4 Å². The van der Waals surface area contributed by atoms with Crippen LogP contribution >= 0.6 is 0 Å². The lowest BCUT2D eigenvalue weighted by Crippen LogP contribution is -2.30. The third-order valence-corrected chi connectivity index (χ3v) is 4.25. The molecule has 0 aliphatic carbocycles. The number of benzene rings is 3. The molecule has 0 heterocycles. The van der Waals surface area contributed by atoms with Gasteiger partial charge in [0.25, 0.3) is 5.91 Å². The van der Waals surface area contributed by atoms with Crippen LogP contribution < -0.4 is 10.1 Å². The van der Waals surface area contributed by atoms with Gasteiger partial charge in [0.2, 0.25) is 0 Å². The van der Waals surface area contributed by atoms with Gasteiger partial charge < -0.3 is 14.8 Å². The van der Waals surface area contributed by atoms with E-state index in [-0.39, 0.29) is 0 Å². The molecule has 3 rings (SSSR count). The molecule has 1 atom stereocenters. The van der Waals surface area contributed by atoms with E-state index in [1.54, 1.807) is 48.5 Å². The van der Waals surface area contributed by atoms with Crippen LogP contribution in [-0.4, -0.2) is 18.0 Å². The Balaban J connectivity index is 1.53. The molecule has 1 N–H and O–H groups in total. The fourth-order valence-corrected chi connectivity index (χ4v) is 2.61. The summed E-state index contributed by atoms with van der Waals surface area (Å²) < 4.78 is 10.9. The average Bonchev–Trinajstić information content (AvgIpc) is 2.78. The molecule has 0 bridgehead atoms. The predicted molar refractivity (Wildman–Crippen MR) is 112 cm³/mol. The van der Waals surface area contributed by atoms with Gasteiger partial charge in [-0.05, 0) is 55.0 Å². The smallest absolute Gasteiger partial charge is 0.338 e. The van der Waals surface area contributed by atoms with Gasteiger partial charge in [-0.15, -0.1) is 0 Å². The van der Waals surface area contributed by atoms with Crippen LogP contribution in [0.2, 0.25) is 0 Å². The zero-order valence-electron chi connectivity index (χ0n) is 16.4. The van der Waals surface area contributed by atoms with E-state index in [0.717, 1.165) is 11.3 Å². The van der Waals surface area contributed by atoms with Crippen molar-refractivity contribution in [1.29, 1.82) is 5.26 Å². The molecule has 30 heavy (non-hydrogen) atoms. The van der Waals surface area contributed by atoms with Crippen LogP contribution in [-0.2, 0) is 16.1 Å². The molecule has 1 amide bonds. The summed E-state index contributed by atoms with van der Waals surface area (Å²) in [7, 11) is 0. The van der Waals surface area contributed by atoms with Crippen molar-refractivity contribution in [2.75, 3.05) is 5.32 Å². The van der Waals surface area contributed by atoms with Crippen LogP contribution in [0.1, 0.15) is 28.4 Å². The van der Waals surface area contributed by atoms with Crippen LogP contribution in [0.25, 0.3) is 0 Å². The van der Waals surface area contributed by atoms with Gasteiger partial charge in [0, 0.05) is 5.69 Å². The van der Waals surface area contributed by atoms with Gasteiger partial charge in [-0.25, -0.2) is 4.79 Å². The normalized spacial score (nSPS) is 11.1. The molecule has 0 spiro atoms. The Morgan fingerprint density at radius 2 is 1.73 bits per heavy atom. The maximum Gasteiger partial charge on any atom is 0.338 e. The number of carbonyl (C=O) groups excluding carboxylic acids is 2. The Labute approximate surface area is 174 Å². The number of hydrogen-bond acceptors (Lipinski definition) is 5. The number of ether oxygens (including phenoxy) is 2. The highest BCUT2D eigenvalue weighted by atomic mass is 16.5. The highest BCUT2D eigenvalue weighted by molar-refractivity contribution is 5.97. The molecule has 0 aliphatic rings. The van der Waals surface area contributed by atoms with Crippen molar-refractivity contribution in [2.45, 2.75) is 19.6 Å². The van der Waals surface area contributed by atoms with E-state index < -0.39 is 18.0 Å². The lowest BCUT2D eigenvalue weighted by molar-refractivity contribution is -0.123. The van der Waals surface area contributed by atoms with Crippen LogP contribution in [0.15, 0.2) is 78.9 Å². The van der Waals surface area contributed by atoms with Gasteiger partial charge in [0.05, 0.1) is 17.2 Å². The summed E-state index contributed by atoms with van der Waals surface area (Å²) in [5.41, 5.74) is 2.13. The second-order valence-electron chi connectivity index (χ2n) is 6.53. The van der Waals surface area contributed by atoms with Crippen LogP contribution in [0.5, 0.6) is 5.75 Å². The quantitative estimate of drug-likeness (QED) is 0.597. The van der Waals surface area contributed by atoms with Crippen molar-refractivity contribution in [3.05, 3.63) is 95.6 Å². The summed E-state index contributed by atoms with van der Waals surface area (Å²) in [6.07, 6.45) is -0.996. The molecule has 3 aromatic carbocycles. The van der Waals surface area contributed by atoms with Crippen LogP contribution in [0, 0.1) is 11.3 Å². The number of anilines is 1. The van der Waals surface area contributed by atoms with Gasteiger partial charge in [0.1, 0.15) is 12.4 Å². The minimum atomic E-state index is -0.996. The van der Waals surface area contributed by atoms with E-state index in [4.69, 9.17) is 14.7 Å². The first-order valence-electron chi connectivity index (χ1n) is 9.34. The Hall–Kier alpha value is -4.11. The molecular weight excluding hydrogens is 380 g/mol. The third kappa shape index (κ3) is 5.69. The number of carbonyl (C=O) groups is 2. The number of nitriles is 1. The number of nitrogens with one attached hydrogen (secondary N) is 1. The molecule has 0 aliphatic heterocycles. The van der Waals surface area contributed by atoms with Crippen molar-refractivity contribution >= 4 is 17.6 Å². The molecule has 0 saturated heterocycles. The Morgan fingerprint density at radius 1 is 1.00 bits per heavy atom. The fourth-order valence-electron chi connectivity index (χ4n) is 2.61. The summed E-state index contributed by atoms with van der Waals surface area (Å²) in [6.45, 7) is 1.86. The molecule has 6 nitrogen and oxygen atoms in total. The molecule has 0 aromatic heterocycles. The zero-order chi connectivity index (χ0) is 21.3. The first-order chi connectivity index (χ1) is 14.5. The first kappa shape index (κ1) is 20.6. The topological polar surface area (TPSA) is 88.4 Å². The van der Waals surface area contributed by atoms with E-state index in [2.05, 4.69) is 5.32 Å². The third-order valence-electron chi connectivity index (χ3n) is 4.25. The van der Waals surface area contributed by atoms with Gasteiger partial charge >= 0.3 is 5.97 Å². The summed E-state index contributed by atoms with van der Waals surface area (Å²) in [4.78, 5) is 24.6. The highest BCUT2D eigenvalue weighted by Gasteiger charge is 2.19. The summed E-state index contributed by atoms with van der Waals surface area (Å²) in [5.74, 6) is -0.314. The van der Waals surface area contributed by atoms with Gasteiger partial charge in [0.15, 0.2) is 6.10 Å². The molecule has 0 radical (unpaired) electrons. The van der Waals surface area contributed by atoms with Crippen molar-refractivity contribution < 1.29 is 19.1 Å². The van der Waals surface area contributed by atoms with Crippen molar-refractivity contribution in [3.8, 4) is 11.8 Å². The zero-order valence-corrected chi connectivity index (χ0v) is 16.4. The summed E-state index contributed by atoms with van der Waals surface area (Å²) in [5, 5.41) is 11.6. The number of hydrogen-bond donors (Lipinski definition) is 1. The monoisotopic (exact) mass is 400 g/mol. The highest BCUT2D eigenvalue weighted by Crippen LogP contribution is 2.14. The molecule has 6 heteroatoms.